The number of hydrogen-bond donors (Lipinski definition) is 1. The molecule has 0 saturated carbocycles. The van der Waals surface area contributed by atoms with Crippen molar-refractivity contribution in [2.75, 3.05) is 19.6 Å². The minimum absolute atomic E-state index is 0.579. The van der Waals surface area contributed by atoms with Crippen LogP contribution in [0.1, 0.15) is 53.4 Å². The molecule has 142 valence electrons. The average molecular weight is 390 g/mol. The highest BCUT2D eigenvalue weighted by molar-refractivity contribution is 6.31. The van der Waals surface area contributed by atoms with E-state index in [2.05, 4.69) is 40.3 Å². The Morgan fingerprint density at radius 3 is 2.75 bits per heavy atom. The van der Waals surface area contributed by atoms with E-state index in [0.29, 0.717) is 11.8 Å². The minimum atomic E-state index is 0.579. The quantitative estimate of drug-likeness (QED) is 0.633. The van der Waals surface area contributed by atoms with Gasteiger partial charge in [0.15, 0.2) is 0 Å². The molecule has 0 radical (unpaired) electrons. The van der Waals surface area contributed by atoms with Crippen molar-refractivity contribution in [3.63, 3.8) is 0 Å². The molecule has 0 amide bonds. The molecule has 0 bridgehead atoms. The summed E-state index contributed by atoms with van der Waals surface area (Å²) in [4.78, 5) is 6.02. The van der Waals surface area contributed by atoms with Crippen molar-refractivity contribution in [3.8, 4) is 6.07 Å². The lowest BCUT2D eigenvalue weighted by atomic mass is 9.88. The lowest BCUT2D eigenvalue weighted by Crippen LogP contribution is -2.35. The van der Waals surface area contributed by atoms with Gasteiger partial charge in [-0.3, -0.25) is 0 Å². The van der Waals surface area contributed by atoms with Crippen LogP contribution >= 0.6 is 11.6 Å². The molecule has 1 N–H and O–H groups in total. The Morgan fingerprint density at radius 1 is 1.07 bits per heavy atom. The molecule has 1 aliphatic heterocycles. The lowest BCUT2D eigenvalue weighted by Gasteiger charge is -2.33. The summed E-state index contributed by atoms with van der Waals surface area (Å²) in [5.74, 6) is 1.20. The summed E-state index contributed by atoms with van der Waals surface area (Å²) in [6, 6.07) is 14.7. The van der Waals surface area contributed by atoms with Crippen LogP contribution in [0, 0.1) is 11.3 Å². The van der Waals surface area contributed by atoms with Crippen LogP contribution in [0.5, 0.6) is 0 Å². The van der Waals surface area contributed by atoms with Gasteiger partial charge in [-0.25, -0.2) is 0 Å². The summed E-state index contributed by atoms with van der Waals surface area (Å²) < 4.78 is 0. The SMILES string of the molecule is N#Cc1ccc2c(c1)C(CN1CCC(c3c[nH]c4cc(Cl)ccc34)CC1)CC2. The summed E-state index contributed by atoms with van der Waals surface area (Å²) in [7, 11) is 0. The van der Waals surface area contributed by atoms with Crippen LogP contribution in [0.2, 0.25) is 5.02 Å². The molecular formula is C24H24ClN3. The van der Waals surface area contributed by atoms with Crippen molar-refractivity contribution in [2.45, 2.75) is 37.5 Å². The standard InChI is InChI=1S/C24H24ClN3/c25-20-5-6-21-23(14-27-24(21)12-20)18-7-9-28(10-8-18)15-19-4-3-17-2-1-16(13-26)11-22(17)19/h1-2,5-6,11-12,14,18-19,27H,3-4,7-10,15H2. The number of likely N-dealkylation sites (tertiary alicyclic amines) is 1. The fourth-order valence-corrected chi connectivity index (χ4v) is 5.32. The van der Waals surface area contributed by atoms with Gasteiger partial charge in [0.2, 0.25) is 0 Å². The molecule has 3 nitrogen and oxygen atoms in total. The number of aromatic nitrogens is 1. The van der Waals surface area contributed by atoms with E-state index >= 15 is 0 Å². The van der Waals surface area contributed by atoms with Gasteiger partial charge in [-0.05, 0) is 91.6 Å². The van der Waals surface area contributed by atoms with Crippen molar-refractivity contribution in [1.82, 2.24) is 9.88 Å². The van der Waals surface area contributed by atoms with Crippen LogP contribution in [0.3, 0.4) is 0 Å². The number of nitriles is 1. The number of H-pyrrole nitrogens is 1. The fraction of sp³-hybridized carbons (Fsp3) is 0.375. The van der Waals surface area contributed by atoms with Gasteiger partial charge in [0.05, 0.1) is 11.6 Å². The van der Waals surface area contributed by atoms with Gasteiger partial charge < -0.3 is 9.88 Å². The number of aromatic amines is 1. The fourth-order valence-electron chi connectivity index (χ4n) is 5.14. The minimum Gasteiger partial charge on any atom is -0.361 e. The van der Waals surface area contributed by atoms with Crippen LogP contribution < -0.4 is 0 Å². The van der Waals surface area contributed by atoms with Crippen LogP contribution in [0.4, 0.5) is 0 Å². The molecule has 1 aliphatic carbocycles. The first kappa shape index (κ1) is 17.8. The summed E-state index contributed by atoms with van der Waals surface area (Å²) >= 11 is 6.12. The van der Waals surface area contributed by atoms with Crippen molar-refractivity contribution in [1.29, 1.82) is 5.26 Å². The largest absolute Gasteiger partial charge is 0.361 e. The van der Waals surface area contributed by atoms with E-state index in [0.717, 1.165) is 42.2 Å². The molecule has 1 atom stereocenters. The third kappa shape index (κ3) is 3.21. The third-order valence-electron chi connectivity index (χ3n) is 6.66. The second kappa shape index (κ2) is 7.28. The van der Waals surface area contributed by atoms with Gasteiger partial charge in [0.1, 0.15) is 0 Å². The molecule has 1 aromatic heterocycles. The monoisotopic (exact) mass is 389 g/mol. The molecule has 0 spiro atoms. The zero-order valence-corrected chi connectivity index (χ0v) is 16.7. The van der Waals surface area contributed by atoms with Gasteiger partial charge in [-0.1, -0.05) is 23.7 Å². The first-order chi connectivity index (χ1) is 13.7. The van der Waals surface area contributed by atoms with Crippen molar-refractivity contribution >= 4 is 22.5 Å². The molecule has 2 aromatic carbocycles. The number of benzene rings is 2. The lowest BCUT2D eigenvalue weighted by molar-refractivity contribution is 0.200. The smallest absolute Gasteiger partial charge is 0.0991 e. The van der Waals surface area contributed by atoms with Gasteiger partial charge in [-0.2, -0.15) is 5.26 Å². The summed E-state index contributed by atoms with van der Waals surface area (Å²) in [5.41, 5.74) is 6.23. The van der Waals surface area contributed by atoms with Crippen LogP contribution in [0.15, 0.2) is 42.6 Å². The Bertz CT molecular complexity index is 1050. The molecule has 3 aromatic rings. The zero-order chi connectivity index (χ0) is 19.1. The predicted molar refractivity (Wildman–Crippen MR) is 114 cm³/mol. The molecule has 2 heterocycles. The van der Waals surface area contributed by atoms with Gasteiger partial charge in [0, 0.05) is 28.7 Å². The van der Waals surface area contributed by atoms with Crippen molar-refractivity contribution < 1.29 is 0 Å². The topological polar surface area (TPSA) is 42.8 Å². The molecule has 2 aliphatic rings. The first-order valence-corrected chi connectivity index (χ1v) is 10.6. The van der Waals surface area contributed by atoms with Crippen LogP contribution in [-0.4, -0.2) is 29.5 Å². The zero-order valence-electron chi connectivity index (χ0n) is 15.9. The first-order valence-electron chi connectivity index (χ1n) is 10.2. The highest BCUT2D eigenvalue weighted by atomic mass is 35.5. The molecule has 4 heteroatoms. The average Bonchev–Trinajstić information content (AvgIpc) is 3.32. The molecule has 1 unspecified atom stereocenters. The normalized spacial score (nSPS) is 20.4. The number of rotatable bonds is 3. The number of fused-ring (bicyclic) bond motifs is 2. The molecular weight excluding hydrogens is 366 g/mol. The van der Waals surface area contributed by atoms with Gasteiger partial charge in [0.25, 0.3) is 0 Å². The number of piperidine rings is 1. The summed E-state index contributed by atoms with van der Waals surface area (Å²) in [6.45, 7) is 3.42. The maximum atomic E-state index is 9.22. The number of hydrogen-bond acceptors (Lipinski definition) is 2. The van der Waals surface area contributed by atoms with E-state index < -0.39 is 0 Å². The highest BCUT2D eigenvalue weighted by Gasteiger charge is 2.28. The molecule has 5 rings (SSSR count). The van der Waals surface area contributed by atoms with Crippen LogP contribution in [-0.2, 0) is 6.42 Å². The van der Waals surface area contributed by atoms with Gasteiger partial charge in [-0.15, -0.1) is 0 Å². The number of halogens is 1. The van der Waals surface area contributed by atoms with Crippen LogP contribution in [0.25, 0.3) is 10.9 Å². The summed E-state index contributed by atoms with van der Waals surface area (Å²) in [6.07, 6.45) is 6.95. The second-order valence-electron chi connectivity index (χ2n) is 8.27. The Labute approximate surface area is 170 Å². The molecule has 1 saturated heterocycles. The van der Waals surface area contributed by atoms with E-state index in [9.17, 15) is 5.26 Å². The molecule has 28 heavy (non-hydrogen) atoms. The predicted octanol–water partition coefficient (Wildman–Crippen LogP) is 5.60. The summed E-state index contributed by atoms with van der Waals surface area (Å²) in [5, 5.41) is 11.3. The van der Waals surface area contributed by atoms with E-state index in [4.69, 9.17) is 11.6 Å². The van der Waals surface area contributed by atoms with E-state index in [-0.39, 0.29) is 0 Å². The Hall–Kier alpha value is -2.28. The van der Waals surface area contributed by atoms with Crippen molar-refractivity contribution in [2.24, 2.45) is 0 Å². The van der Waals surface area contributed by atoms with E-state index in [1.165, 1.54) is 41.3 Å². The maximum absolute atomic E-state index is 9.22. The third-order valence-corrected chi connectivity index (χ3v) is 6.89. The Balaban J connectivity index is 1.25. The number of aryl methyl sites for hydroxylation is 1. The number of nitrogens with zero attached hydrogens (tertiary/aromatic N) is 2. The Morgan fingerprint density at radius 2 is 1.93 bits per heavy atom. The maximum Gasteiger partial charge on any atom is 0.0991 e. The van der Waals surface area contributed by atoms with E-state index in [1.807, 2.05) is 18.2 Å². The van der Waals surface area contributed by atoms with E-state index in [1.54, 1.807) is 0 Å². The number of nitrogens with one attached hydrogen (secondary N) is 1. The Kier molecular flexibility index (Phi) is 4.62. The van der Waals surface area contributed by atoms with Crippen molar-refractivity contribution in [3.05, 3.63) is 69.9 Å². The highest BCUT2D eigenvalue weighted by Crippen LogP contribution is 2.37. The van der Waals surface area contributed by atoms with Gasteiger partial charge >= 0.3 is 0 Å². The molecule has 1 fully saturated rings. The second-order valence-corrected chi connectivity index (χ2v) is 8.71.